The van der Waals surface area contributed by atoms with Crippen LogP contribution < -0.4 is 0 Å². The molecule has 0 aliphatic carbocycles. The van der Waals surface area contributed by atoms with Crippen LogP contribution in [-0.2, 0) is 9.59 Å². The van der Waals surface area contributed by atoms with Crippen LogP contribution in [0.15, 0.2) is 0 Å². The number of hydrogen-bond donors (Lipinski definition) is 4. The number of rotatable bonds is 21. The topological polar surface area (TPSA) is 122 Å². The van der Waals surface area contributed by atoms with Crippen molar-refractivity contribution in [2.75, 3.05) is 26.2 Å². The molecule has 8 nitrogen and oxygen atoms in total. The van der Waals surface area contributed by atoms with Crippen LogP contribution in [0.5, 0.6) is 0 Å². The minimum absolute atomic E-state index is 0.245. The van der Waals surface area contributed by atoms with E-state index in [1.165, 1.54) is 10.1 Å². The van der Waals surface area contributed by atoms with Crippen LogP contribution in [0, 0.1) is 0 Å². The van der Waals surface area contributed by atoms with E-state index in [0.717, 1.165) is 116 Å². The Bertz CT molecular complexity index is 370. The SMILES string of the molecule is CCCCN(O)CCCC.CCCCN(O)CCCC.O=C(O)CCCCCCCCC(=O)O. The molecule has 0 saturated carbocycles. The molecule has 8 heteroatoms. The zero-order valence-electron chi connectivity index (χ0n) is 22.6. The van der Waals surface area contributed by atoms with E-state index in [1.54, 1.807) is 0 Å². The Morgan fingerprint density at radius 3 is 0.912 bits per heavy atom. The molecule has 0 unspecified atom stereocenters. The monoisotopic (exact) mass is 492 g/mol. The van der Waals surface area contributed by atoms with E-state index in [2.05, 4.69) is 27.7 Å². The van der Waals surface area contributed by atoms with E-state index in [0.29, 0.717) is 0 Å². The van der Waals surface area contributed by atoms with Crippen LogP contribution in [-0.4, -0.2) is 68.9 Å². The minimum atomic E-state index is -0.740. The average Bonchev–Trinajstić information content (AvgIpc) is 2.80. The van der Waals surface area contributed by atoms with Crippen molar-refractivity contribution in [3.8, 4) is 0 Å². The van der Waals surface area contributed by atoms with Crippen molar-refractivity contribution in [2.24, 2.45) is 0 Å². The van der Waals surface area contributed by atoms with Gasteiger partial charge in [0.2, 0.25) is 0 Å². The summed E-state index contributed by atoms with van der Waals surface area (Å²) in [6.07, 6.45) is 14.8. The van der Waals surface area contributed by atoms with Crippen LogP contribution in [0.25, 0.3) is 0 Å². The Labute approximate surface area is 209 Å². The van der Waals surface area contributed by atoms with E-state index >= 15 is 0 Å². The highest BCUT2D eigenvalue weighted by Gasteiger charge is 1.99. The Balaban J connectivity index is -0.000000434. The predicted octanol–water partition coefficient (Wildman–Crippen LogP) is 6.83. The summed E-state index contributed by atoms with van der Waals surface area (Å²) in [5, 5.41) is 37.8. The van der Waals surface area contributed by atoms with Crippen molar-refractivity contribution in [1.29, 1.82) is 0 Å². The minimum Gasteiger partial charge on any atom is -0.481 e. The van der Waals surface area contributed by atoms with Gasteiger partial charge in [0.25, 0.3) is 0 Å². The van der Waals surface area contributed by atoms with Crippen molar-refractivity contribution in [3.05, 3.63) is 0 Å². The molecule has 0 rings (SSSR count). The first kappa shape index (κ1) is 37.3. The van der Waals surface area contributed by atoms with Gasteiger partial charge in [-0.25, -0.2) is 0 Å². The third-order valence-corrected chi connectivity index (χ3v) is 5.11. The summed E-state index contributed by atoms with van der Waals surface area (Å²) in [6, 6.07) is 0. The molecule has 0 radical (unpaired) electrons. The predicted molar refractivity (Wildman–Crippen MR) is 139 cm³/mol. The van der Waals surface area contributed by atoms with E-state index in [-0.39, 0.29) is 12.8 Å². The molecule has 34 heavy (non-hydrogen) atoms. The highest BCUT2D eigenvalue weighted by molar-refractivity contribution is 5.66. The van der Waals surface area contributed by atoms with Crippen LogP contribution in [0.4, 0.5) is 0 Å². The van der Waals surface area contributed by atoms with E-state index in [1.807, 2.05) is 0 Å². The molecule has 0 saturated heterocycles. The fourth-order valence-corrected chi connectivity index (χ4v) is 2.85. The van der Waals surface area contributed by atoms with Crippen molar-refractivity contribution in [3.63, 3.8) is 0 Å². The fraction of sp³-hybridized carbons (Fsp3) is 0.923. The maximum absolute atomic E-state index is 10.1. The van der Waals surface area contributed by atoms with Gasteiger partial charge in [0.1, 0.15) is 0 Å². The lowest BCUT2D eigenvalue weighted by molar-refractivity contribution is -0.138. The molecule has 0 bridgehead atoms. The summed E-state index contributed by atoms with van der Waals surface area (Å²) < 4.78 is 0. The fourth-order valence-electron chi connectivity index (χ4n) is 2.85. The van der Waals surface area contributed by atoms with Gasteiger partial charge in [0, 0.05) is 39.0 Å². The van der Waals surface area contributed by atoms with E-state index in [4.69, 9.17) is 20.6 Å². The first-order valence-electron chi connectivity index (χ1n) is 13.6. The highest BCUT2D eigenvalue weighted by Crippen LogP contribution is 2.08. The second-order valence-corrected chi connectivity index (χ2v) is 8.73. The number of unbranched alkanes of at least 4 members (excludes halogenated alkanes) is 9. The van der Waals surface area contributed by atoms with Gasteiger partial charge in [-0.15, -0.1) is 0 Å². The number of carboxylic acids is 2. The number of carboxylic acid groups (broad SMARTS) is 2. The molecule has 0 atom stereocenters. The number of carbonyl (C=O) groups is 2. The molecule has 0 aromatic rings. The van der Waals surface area contributed by atoms with Crippen molar-refractivity contribution in [2.45, 2.75) is 130 Å². The number of nitrogens with zero attached hydrogens (tertiary/aromatic N) is 2. The van der Waals surface area contributed by atoms with Gasteiger partial charge in [-0.3, -0.25) is 9.59 Å². The zero-order chi connectivity index (χ0) is 26.5. The second kappa shape index (κ2) is 31.8. The second-order valence-electron chi connectivity index (χ2n) is 8.73. The number of hydrogen-bond acceptors (Lipinski definition) is 6. The molecule has 0 aromatic carbocycles. The van der Waals surface area contributed by atoms with Crippen LogP contribution >= 0.6 is 0 Å². The Morgan fingerprint density at radius 1 is 0.471 bits per heavy atom. The molecule has 0 heterocycles. The summed E-state index contributed by atoms with van der Waals surface area (Å²) in [5.41, 5.74) is 0. The first-order valence-corrected chi connectivity index (χ1v) is 13.6. The van der Waals surface area contributed by atoms with Crippen LogP contribution in [0.2, 0.25) is 0 Å². The zero-order valence-corrected chi connectivity index (χ0v) is 22.6. The maximum Gasteiger partial charge on any atom is 0.303 e. The quantitative estimate of drug-likeness (QED) is 0.102. The lowest BCUT2D eigenvalue weighted by Gasteiger charge is -2.12. The van der Waals surface area contributed by atoms with Gasteiger partial charge in [0.05, 0.1) is 0 Å². The van der Waals surface area contributed by atoms with E-state index < -0.39 is 11.9 Å². The van der Waals surface area contributed by atoms with Crippen molar-refractivity contribution in [1.82, 2.24) is 10.1 Å². The van der Waals surface area contributed by atoms with E-state index in [9.17, 15) is 9.59 Å². The molecule has 0 aromatic heterocycles. The summed E-state index contributed by atoms with van der Waals surface area (Å²) in [6.45, 7) is 11.8. The van der Waals surface area contributed by atoms with Gasteiger partial charge in [-0.2, -0.15) is 10.1 Å². The summed E-state index contributed by atoms with van der Waals surface area (Å²) in [7, 11) is 0. The van der Waals surface area contributed by atoms with Crippen LogP contribution in [0.3, 0.4) is 0 Å². The van der Waals surface area contributed by atoms with Gasteiger partial charge in [-0.1, -0.05) is 79.1 Å². The molecule has 0 aliphatic rings. The normalized spacial score (nSPS) is 10.5. The molecule has 0 amide bonds. The third kappa shape index (κ3) is 41.1. The molecule has 4 N–H and O–H groups in total. The Kier molecular flexibility index (Phi) is 34.9. The summed E-state index contributed by atoms with van der Waals surface area (Å²) >= 11 is 0. The summed E-state index contributed by atoms with van der Waals surface area (Å²) in [4.78, 5) is 20.3. The van der Waals surface area contributed by atoms with Gasteiger partial charge >= 0.3 is 11.9 Å². The molecule has 0 aliphatic heterocycles. The van der Waals surface area contributed by atoms with Gasteiger partial charge in [-0.05, 0) is 38.5 Å². The standard InChI is InChI=1S/C10H18O4.2C8H19NO/c11-9(12)7-5-3-1-2-4-6-8-10(13)14;2*1-3-5-7-9(10)8-6-4-2/h1-8H2,(H,11,12)(H,13,14);2*10H,3-8H2,1-2H3. The number of hydroxylamine groups is 4. The maximum atomic E-state index is 10.1. The molecule has 0 spiro atoms. The number of aliphatic carboxylic acids is 2. The van der Waals surface area contributed by atoms with Gasteiger partial charge in [0.15, 0.2) is 0 Å². The largest absolute Gasteiger partial charge is 0.481 e. The Hall–Kier alpha value is -1.22. The average molecular weight is 493 g/mol. The Morgan fingerprint density at radius 2 is 0.706 bits per heavy atom. The molecular formula is C26H56N2O6. The smallest absolute Gasteiger partial charge is 0.303 e. The lowest BCUT2D eigenvalue weighted by Crippen LogP contribution is -2.21. The third-order valence-electron chi connectivity index (χ3n) is 5.11. The summed E-state index contributed by atoms with van der Waals surface area (Å²) in [5.74, 6) is -1.48. The van der Waals surface area contributed by atoms with Crippen molar-refractivity contribution < 1.29 is 30.2 Å². The van der Waals surface area contributed by atoms with Crippen molar-refractivity contribution >= 4 is 11.9 Å². The van der Waals surface area contributed by atoms with Crippen LogP contribution in [0.1, 0.15) is 130 Å². The lowest BCUT2D eigenvalue weighted by atomic mass is 10.1. The molecule has 206 valence electrons. The molecular weight excluding hydrogens is 436 g/mol. The molecule has 0 fully saturated rings. The highest BCUT2D eigenvalue weighted by atomic mass is 16.5. The first-order chi connectivity index (χ1) is 16.2. The van der Waals surface area contributed by atoms with Gasteiger partial charge < -0.3 is 20.6 Å².